The fourth-order valence-corrected chi connectivity index (χ4v) is 3.06. The Morgan fingerprint density at radius 2 is 2.15 bits per heavy atom. The lowest BCUT2D eigenvalue weighted by atomic mass is 9.97. The molecule has 106 valence electrons. The Morgan fingerprint density at radius 1 is 1.40 bits per heavy atom. The van der Waals surface area contributed by atoms with Gasteiger partial charge in [-0.05, 0) is 36.2 Å². The van der Waals surface area contributed by atoms with Crippen molar-refractivity contribution in [2.24, 2.45) is 0 Å². The minimum absolute atomic E-state index is 0.0299. The lowest BCUT2D eigenvalue weighted by molar-refractivity contribution is -0.138. The van der Waals surface area contributed by atoms with Crippen molar-refractivity contribution in [2.75, 3.05) is 7.11 Å². The molecule has 0 spiro atoms. The van der Waals surface area contributed by atoms with Crippen molar-refractivity contribution in [3.8, 4) is 11.5 Å². The SMILES string of the molecule is COc1cc(CC(C(=O)O)c2ccc(Cl)s2)ccc1O. The molecule has 0 aliphatic carbocycles. The quantitative estimate of drug-likeness (QED) is 0.886. The Labute approximate surface area is 125 Å². The lowest BCUT2D eigenvalue weighted by Crippen LogP contribution is -2.13. The number of halogens is 1. The monoisotopic (exact) mass is 312 g/mol. The van der Waals surface area contributed by atoms with Gasteiger partial charge < -0.3 is 14.9 Å². The predicted molar refractivity (Wildman–Crippen MR) is 78.1 cm³/mol. The zero-order valence-corrected chi connectivity index (χ0v) is 12.2. The van der Waals surface area contributed by atoms with Gasteiger partial charge in [0.1, 0.15) is 0 Å². The van der Waals surface area contributed by atoms with Gasteiger partial charge in [-0.3, -0.25) is 4.79 Å². The molecule has 0 saturated carbocycles. The van der Waals surface area contributed by atoms with E-state index in [-0.39, 0.29) is 5.75 Å². The molecule has 1 unspecified atom stereocenters. The Morgan fingerprint density at radius 3 is 2.70 bits per heavy atom. The van der Waals surface area contributed by atoms with Gasteiger partial charge in [-0.15, -0.1) is 11.3 Å². The number of benzene rings is 1. The van der Waals surface area contributed by atoms with E-state index in [1.807, 2.05) is 0 Å². The number of thiophene rings is 1. The highest BCUT2D eigenvalue weighted by molar-refractivity contribution is 7.16. The number of carbonyl (C=O) groups is 1. The molecule has 0 amide bonds. The van der Waals surface area contributed by atoms with Crippen LogP contribution in [0, 0.1) is 0 Å². The van der Waals surface area contributed by atoms with Gasteiger partial charge in [0.2, 0.25) is 0 Å². The molecule has 0 bridgehead atoms. The number of aliphatic carboxylic acids is 1. The van der Waals surface area contributed by atoms with Gasteiger partial charge in [0.15, 0.2) is 11.5 Å². The molecule has 1 aromatic heterocycles. The lowest BCUT2D eigenvalue weighted by Gasteiger charge is -2.12. The summed E-state index contributed by atoms with van der Waals surface area (Å²) in [5.74, 6) is -1.21. The average molecular weight is 313 g/mol. The van der Waals surface area contributed by atoms with Gasteiger partial charge in [-0.2, -0.15) is 0 Å². The number of hydrogen-bond acceptors (Lipinski definition) is 4. The van der Waals surface area contributed by atoms with E-state index in [9.17, 15) is 15.0 Å². The van der Waals surface area contributed by atoms with Crippen molar-refractivity contribution >= 4 is 28.9 Å². The molecule has 0 fully saturated rings. The van der Waals surface area contributed by atoms with Crippen LogP contribution in [0.3, 0.4) is 0 Å². The summed E-state index contributed by atoms with van der Waals surface area (Å²) in [6.07, 6.45) is 0.308. The van der Waals surface area contributed by atoms with Crippen LogP contribution >= 0.6 is 22.9 Å². The molecule has 6 heteroatoms. The maximum Gasteiger partial charge on any atom is 0.312 e. The summed E-state index contributed by atoms with van der Waals surface area (Å²) in [5.41, 5.74) is 0.775. The van der Waals surface area contributed by atoms with Gasteiger partial charge in [0, 0.05) is 4.88 Å². The van der Waals surface area contributed by atoms with Crippen LogP contribution in [0.2, 0.25) is 4.34 Å². The summed E-state index contributed by atoms with van der Waals surface area (Å²) in [7, 11) is 1.45. The number of carboxylic acids is 1. The van der Waals surface area contributed by atoms with Crippen LogP contribution in [0.4, 0.5) is 0 Å². The molecule has 20 heavy (non-hydrogen) atoms. The van der Waals surface area contributed by atoms with Gasteiger partial charge in [0.25, 0.3) is 0 Å². The first-order valence-electron chi connectivity index (χ1n) is 5.85. The van der Waals surface area contributed by atoms with Crippen LogP contribution in [0.25, 0.3) is 0 Å². The van der Waals surface area contributed by atoms with E-state index in [1.165, 1.54) is 24.5 Å². The number of aromatic hydroxyl groups is 1. The van der Waals surface area contributed by atoms with E-state index in [0.29, 0.717) is 21.4 Å². The van der Waals surface area contributed by atoms with Gasteiger partial charge in [-0.1, -0.05) is 17.7 Å². The van der Waals surface area contributed by atoms with E-state index in [2.05, 4.69) is 0 Å². The Hall–Kier alpha value is -1.72. The number of hydrogen-bond donors (Lipinski definition) is 2. The van der Waals surface area contributed by atoms with Crippen molar-refractivity contribution < 1.29 is 19.7 Å². The van der Waals surface area contributed by atoms with Crippen molar-refractivity contribution in [1.82, 2.24) is 0 Å². The number of carboxylic acid groups (broad SMARTS) is 1. The summed E-state index contributed by atoms with van der Waals surface area (Å²) < 4.78 is 5.59. The summed E-state index contributed by atoms with van der Waals surface area (Å²) >= 11 is 7.11. The van der Waals surface area contributed by atoms with Gasteiger partial charge in [0.05, 0.1) is 17.4 Å². The zero-order chi connectivity index (χ0) is 14.7. The normalized spacial score (nSPS) is 12.1. The molecule has 1 aromatic carbocycles. The summed E-state index contributed by atoms with van der Waals surface area (Å²) in [6.45, 7) is 0. The van der Waals surface area contributed by atoms with Crippen LogP contribution in [0.15, 0.2) is 30.3 Å². The molecule has 1 atom stereocenters. The zero-order valence-electron chi connectivity index (χ0n) is 10.7. The minimum atomic E-state index is -0.907. The second kappa shape index (κ2) is 6.15. The molecule has 2 rings (SSSR count). The largest absolute Gasteiger partial charge is 0.504 e. The minimum Gasteiger partial charge on any atom is -0.504 e. The second-order valence-electron chi connectivity index (χ2n) is 4.24. The van der Waals surface area contributed by atoms with E-state index in [1.54, 1.807) is 24.3 Å². The van der Waals surface area contributed by atoms with Crippen LogP contribution < -0.4 is 4.74 Å². The molecule has 1 heterocycles. The highest BCUT2D eigenvalue weighted by atomic mass is 35.5. The Balaban J connectivity index is 2.27. The number of phenolic OH excluding ortho intramolecular Hbond substituents is 1. The Kier molecular flexibility index (Phi) is 4.52. The summed E-state index contributed by atoms with van der Waals surface area (Å²) in [6, 6.07) is 8.23. The van der Waals surface area contributed by atoms with Crippen molar-refractivity contribution in [2.45, 2.75) is 12.3 Å². The van der Waals surface area contributed by atoms with Crippen molar-refractivity contribution in [3.05, 3.63) is 45.1 Å². The maximum atomic E-state index is 11.4. The first kappa shape index (κ1) is 14.7. The number of phenols is 1. The number of ether oxygens (including phenoxy) is 1. The molecule has 0 aliphatic rings. The summed E-state index contributed by atoms with van der Waals surface area (Å²) in [4.78, 5) is 12.1. The third-order valence-electron chi connectivity index (χ3n) is 2.92. The number of rotatable bonds is 5. The van der Waals surface area contributed by atoms with Crippen LogP contribution in [-0.2, 0) is 11.2 Å². The third kappa shape index (κ3) is 3.23. The summed E-state index contributed by atoms with van der Waals surface area (Å²) in [5, 5.41) is 18.9. The van der Waals surface area contributed by atoms with E-state index in [4.69, 9.17) is 16.3 Å². The van der Waals surface area contributed by atoms with E-state index >= 15 is 0 Å². The molecule has 0 aliphatic heterocycles. The first-order chi connectivity index (χ1) is 9.51. The smallest absolute Gasteiger partial charge is 0.312 e. The van der Waals surface area contributed by atoms with Crippen molar-refractivity contribution in [3.63, 3.8) is 0 Å². The maximum absolute atomic E-state index is 11.4. The molecule has 0 saturated heterocycles. The Bertz CT molecular complexity index is 623. The fraction of sp³-hybridized carbons (Fsp3) is 0.214. The van der Waals surface area contributed by atoms with E-state index < -0.39 is 11.9 Å². The molecular formula is C14H13ClO4S. The van der Waals surface area contributed by atoms with Gasteiger partial charge in [-0.25, -0.2) is 0 Å². The highest BCUT2D eigenvalue weighted by Crippen LogP contribution is 2.33. The van der Waals surface area contributed by atoms with E-state index in [0.717, 1.165) is 5.56 Å². The molecular weight excluding hydrogens is 300 g/mol. The second-order valence-corrected chi connectivity index (χ2v) is 5.99. The highest BCUT2D eigenvalue weighted by Gasteiger charge is 2.22. The standard InChI is InChI=1S/C14H13ClO4S/c1-19-11-7-8(2-3-10(11)16)6-9(14(17)18)12-4-5-13(15)20-12/h2-5,7,9,16H,6H2,1H3,(H,17,18). The predicted octanol–water partition coefficient (Wildman–Crippen LogP) is 3.53. The van der Waals surface area contributed by atoms with Crippen molar-refractivity contribution in [1.29, 1.82) is 0 Å². The molecule has 4 nitrogen and oxygen atoms in total. The molecule has 2 N–H and O–H groups in total. The first-order valence-corrected chi connectivity index (χ1v) is 7.04. The average Bonchev–Trinajstić information content (AvgIpc) is 2.83. The van der Waals surface area contributed by atoms with Gasteiger partial charge >= 0.3 is 5.97 Å². The van der Waals surface area contributed by atoms with Crippen LogP contribution in [0.1, 0.15) is 16.4 Å². The molecule has 2 aromatic rings. The topological polar surface area (TPSA) is 66.8 Å². The van der Waals surface area contributed by atoms with Crippen LogP contribution in [0.5, 0.6) is 11.5 Å². The fourth-order valence-electron chi connectivity index (χ4n) is 1.91. The van der Waals surface area contributed by atoms with Crippen LogP contribution in [-0.4, -0.2) is 23.3 Å². The number of methoxy groups -OCH3 is 1. The molecule has 0 radical (unpaired) electrons. The third-order valence-corrected chi connectivity index (χ3v) is 4.26.